The normalized spacial score (nSPS) is 20.9. The molecule has 2 N–H and O–H groups in total. The molecule has 0 spiro atoms. The molecule has 1 saturated carbocycles. The topological polar surface area (TPSA) is 88.0 Å². The van der Waals surface area contributed by atoms with E-state index in [2.05, 4.69) is 20.3 Å². The molecule has 0 radical (unpaired) electrons. The fourth-order valence-electron chi connectivity index (χ4n) is 2.95. The van der Waals surface area contributed by atoms with Crippen LogP contribution in [0.2, 0.25) is 0 Å². The van der Waals surface area contributed by atoms with Gasteiger partial charge in [-0.05, 0) is 44.7 Å². The number of carboxylic acids is 1. The van der Waals surface area contributed by atoms with E-state index in [0.29, 0.717) is 18.7 Å². The van der Waals surface area contributed by atoms with E-state index in [4.69, 9.17) is 5.11 Å². The van der Waals surface area contributed by atoms with E-state index >= 15 is 0 Å². The largest absolute Gasteiger partial charge is 0.481 e. The van der Waals surface area contributed by atoms with E-state index in [1.54, 1.807) is 6.20 Å². The minimum absolute atomic E-state index is 0.204. The zero-order valence-electron chi connectivity index (χ0n) is 13.1. The van der Waals surface area contributed by atoms with Gasteiger partial charge in [-0.2, -0.15) is 0 Å². The van der Waals surface area contributed by atoms with Crippen molar-refractivity contribution in [2.45, 2.75) is 38.6 Å². The first-order valence-corrected chi connectivity index (χ1v) is 7.88. The highest BCUT2D eigenvalue weighted by molar-refractivity contribution is 5.70. The Morgan fingerprint density at radius 2 is 2.00 bits per heavy atom. The first kappa shape index (κ1) is 15.4. The van der Waals surface area contributed by atoms with Crippen molar-refractivity contribution in [2.24, 2.45) is 5.92 Å². The summed E-state index contributed by atoms with van der Waals surface area (Å²) in [5, 5.41) is 12.5. The highest BCUT2D eigenvalue weighted by atomic mass is 16.4. The molecule has 0 unspecified atom stereocenters. The van der Waals surface area contributed by atoms with Gasteiger partial charge < -0.3 is 10.4 Å². The number of carbonyl (C=O) groups is 1. The second kappa shape index (κ2) is 6.73. The van der Waals surface area contributed by atoms with E-state index in [0.717, 1.165) is 30.0 Å². The van der Waals surface area contributed by atoms with Gasteiger partial charge in [-0.1, -0.05) is 6.07 Å². The molecular weight excluding hydrogens is 292 g/mol. The van der Waals surface area contributed by atoms with Gasteiger partial charge in [0.15, 0.2) is 5.82 Å². The third kappa shape index (κ3) is 3.83. The molecule has 1 fully saturated rings. The van der Waals surface area contributed by atoms with Gasteiger partial charge in [0.2, 0.25) is 0 Å². The van der Waals surface area contributed by atoms with Crippen LogP contribution in [0.1, 0.15) is 31.4 Å². The maximum atomic E-state index is 11.0. The highest BCUT2D eigenvalue weighted by Crippen LogP contribution is 2.27. The number of aryl methyl sites for hydroxylation is 1. The molecular formula is C17H20N4O2. The minimum atomic E-state index is -0.682. The van der Waals surface area contributed by atoms with Crippen LogP contribution in [-0.2, 0) is 4.79 Å². The number of hydrogen-bond donors (Lipinski definition) is 2. The quantitative estimate of drug-likeness (QED) is 0.902. The van der Waals surface area contributed by atoms with Crippen LogP contribution in [-0.4, -0.2) is 32.1 Å². The van der Waals surface area contributed by atoms with Crippen LogP contribution in [0.5, 0.6) is 0 Å². The van der Waals surface area contributed by atoms with Gasteiger partial charge in [0.1, 0.15) is 11.5 Å². The first-order valence-electron chi connectivity index (χ1n) is 7.88. The van der Waals surface area contributed by atoms with Crippen LogP contribution < -0.4 is 5.32 Å². The molecule has 2 aromatic heterocycles. The van der Waals surface area contributed by atoms with Crippen molar-refractivity contribution < 1.29 is 9.90 Å². The third-order valence-electron chi connectivity index (χ3n) is 4.18. The second-order valence-corrected chi connectivity index (χ2v) is 5.96. The van der Waals surface area contributed by atoms with Crippen LogP contribution >= 0.6 is 0 Å². The lowest BCUT2D eigenvalue weighted by Gasteiger charge is -2.27. The number of carboxylic acid groups (broad SMARTS) is 1. The summed E-state index contributed by atoms with van der Waals surface area (Å²) in [4.78, 5) is 24.3. The molecule has 0 aliphatic heterocycles. The van der Waals surface area contributed by atoms with Gasteiger partial charge in [0, 0.05) is 24.0 Å². The molecule has 6 nitrogen and oxygen atoms in total. The van der Waals surface area contributed by atoms with E-state index in [1.165, 1.54) is 0 Å². The van der Waals surface area contributed by atoms with Crippen molar-refractivity contribution in [3.05, 3.63) is 36.2 Å². The van der Waals surface area contributed by atoms with Crippen LogP contribution in [0.15, 0.2) is 30.5 Å². The van der Waals surface area contributed by atoms with Crippen LogP contribution in [0, 0.1) is 12.8 Å². The Morgan fingerprint density at radius 1 is 1.22 bits per heavy atom. The highest BCUT2D eigenvalue weighted by Gasteiger charge is 2.26. The monoisotopic (exact) mass is 312 g/mol. The fraction of sp³-hybridized carbons (Fsp3) is 0.412. The van der Waals surface area contributed by atoms with Gasteiger partial charge in [0.05, 0.1) is 5.92 Å². The molecule has 6 heteroatoms. The summed E-state index contributed by atoms with van der Waals surface area (Å²) in [6.07, 6.45) is 4.84. The van der Waals surface area contributed by atoms with E-state index in [-0.39, 0.29) is 12.0 Å². The number of hydrogen-bond acceptors (Lipinski definition) is 5. The number of aromatic nitrogens is 3. The zero-order valence-corrected chi connectivity index (χ0v) is 13.1. The number of rotatable bonds is 4. The maximum absolute atomic E-state index is 11.0. The van der Waals surface area contributed by atoms with Crippen molar-refractivity contribution in [3.63, 3.8) is 0 Å². The van der Waals surface area contributed by atoms with Gasteiger partial charge >= 0.3 is 5.97 Å². The summed E-state index contributed by atoms with van der Waals surface area (Å²) in [6.45, 7) is 1.93. The standard InChI is InChI=1S/C17H20N4O2/c1-11-10-15(20-13-7-5-12(6-8-13)17(22)23)21-16(19-11)14-4-2-3-9-18-14/h2-4,9-10,12-13H,5-8H2,1H3,(H,22,23)(H,19,20,21). The number of pyridine rings is 1. The average molecular weight is 312 g/mol. The van der Waals surface area contributed by atoms with Crippen molar-refractivity contribution in [3.8, 4) is 11.5 Å². The molecule has 120 valence electrons. The average Bonchev–Trinajstić information content (AvgIpc) is 2.55. The molecule has 0 amide bonds. The lowest BCUT2D eigenvalue weighted by Crippen LogP contribution is -2.29. The molecule has 0 bridgehead atoms. The Balaban J connectivity index is 1.72. The second-order valence-electron chi connectivity index (χ2n) is 5.96. The van der Waals surface area contributed by atoms with Gasteiger partial charge in [0.25, 0.3) is 0 Å². The van der Waals surface area contributed by atoms with Gasteiger partial charge in [-0.3, -0.25) is 9.78 Å². The van der Waals surface area contributed by atoms with Crippen molar-refractivity contribution in [1.82, 2.24) is 15.0 Å². The van der Waals surface area contributed by atoms with Crippen molar-refractivity contribution in [1.29, 1.82) is 0 Å². The Labute approximate surface area is 135 Å². The summed E-state index contributed by atoms with van der Waals surface area (Å²) in [7, 11) is 0. The molecule has 0 atom stereocenters. The predicted octanol–water partition coefficient (Wildman–Crippen LogP) is 2.90. The Hall–Kier alpha value is -2.50. The fourth-order valence-corrected chi connectivity index (χ4v) is 2.95. The summed E-state index contributed by atoms with van der Waals surface area (Å²) in [5.74, 6) is 0.493. The van der Waals surface area contributed by atoms with E-state index in [9.17, 15) is 4.79 Å². The van der Waals surface area contributed by atoms with Crippen LogP contribution in [0.3, 0.4) is 0 Å². The van der Waals surface area contributed by atoms with Crippen LogP contribution in [0.25, 0.3) is 11.5 Å². The Bertz CT molecular complexity index is 682. The van der Waals surface area contributed by atoms with Crippen LogP contribution in [0.4, 0.5) is 5.82 Å². The lowest BCUT2D eigenvalue weighted by molar-refractivity contribution is -0.142. The number of nitrogens with one attached hydrogen (secondary N) is 1. The van der Waals surface area contributed by atoms with E-state index in [1.807, 2.05) is 31.2 Å². The molecule has 1 aliphatic carbocycles. The Kier molecular flexibility index (Phi) is 4.50. The van der Waals surface area contributed by atoms with Gasteiger partial charge in [-0.25, -0.2) is 9.97 Å². The minimum Gasteiger partial charge on any atom is -0.481 e. The maximum Gasteiger partial charge on any atom is 0.306 e. The number of nitrogens with zero attached hydrogens (tertiary/aromatic N) is 3. The predicted molar refractivity (Wildman–Crippen MR) is 87.0 cm³/mol. The zero-order chi connectivity index (χ0) is 16.2. The third-order valence-corrected chi connectivity index (χ3v) is 4.18. The van der Waals surface area contributed by atoms with Crippen molar-refractivity contribution >= 4 is 11.8 Å². The first-order chi connectivity index (χ1) is 11.1. The molecule has 0 saturated heterocycles. The SMILES string of the molecule is Cc1cc(NC2CCC(C(=O)O)CC2)nc(-c2ccccn2)n1. The Morgan fingerprint density at radius 3 is 2.65 bits per heavy atom. The number of anilines is 1. The van der Waals surface area contributed by atoms with Crippen molar-refractivity contribution in [2.75, 3.05) is 5.32 Å². The van der Waals surface area contributed by atoms with E-state index < -0.39 is 5.97 Å². The summed E-state index contributed by atoms with van der Waals surface area (Å²) in [5.41, 5.74) is 1.62. The summed E-state index contributed by atoms with van der Waals surface area (Å²) >= 11 is 0. The summed E-state index contributed by atoms with van der Waals surface area (Å²) < 4.78 is 0. The number of aliphatic carboxylic acids is 1. The smallest absolute Gasteiger partial charge is 0.306 e. The molecule has 2 heterocycles. The van der Waals surface area contributed by atoms with Gasteiger partial charge in [-0.15, -0.1) is 0 Å². The molecule has 1 aliphatic rings. The molecule has 23 heavy (non-hydrogen) atoms. The molecule has 0 aromatic carbocycles. The summed E-state index contributed by atoms with van der Waals surface area (Å²) in [6, 6.07) is 7.83. The molecule has 2 aromatic rings. The molecule has 3 rings (SSSR count). The lowest BCUT2D eigenvalue weighted by atomic mass is 9.86.